The molecular weight excluding hydrogens is 254 g/mol. The zero-order valence-electron chi connectivity index (χ0n) is 11.5. The third kappa shape index (κ3) is 3.82. The van der Waals surface area contributed by atoms with Crippen molar-refractivity contribution in [2.75, 3.05) is 0 Å². The molecule has 3 heteroatoms. The van der Waals surface area contributed by atoms with Crippen molar-refractivity contribution in [3.05, 3.63) is 53.7 Å². The van der Waals surface area contributed by atoms with E-state index in [-0.39, 0.29) is 0 Å². The van der Waals surface area contributed by atoms with Gasteiger partial charge in [-0.3, -0.25) is 0 Å². The maximum atomic E-state index is 9.57. The van der Waals surface area contributed by atoms with E-state index in [1.807, 2.05) is 12.1 Å². The fourth-order valence-electron chi connectivity index (χ4n) is 1.78. The molecule has 0 saturated heterocycles. The number of hydrogen-bond donors (Lipinski definition) is 1. The summed E-state index contributed by atoms with van der Waals surface area (Å²) in [5, 5.41) is 10.5. The van der Waals surface area contributed by atoms with Crippen LogP contribution in [0.5, 0.6) is 0 Å². The van der Waals surface area contributed by atoms with Crippen LogP contribution in [0.2, 0.25) is 0 Å². The topological polar surface area (TPSA) is 33.1 Å². The predicted molar refractivity (Wildman–Crippen MR) is 79.5 cm³/mol. The lowest BCUT2D eigenvalue weighted by Gasteiger charge is -2.08. The molecule has 0 aliphatic heterocycles. The first kappa shape index (κ1) is 14.1. The molecule has 0 saturated carbocycles. The molecule has 2 rings (SSSR count). The van der Waals surface area contributed by atoms with Crippen molar-refractivity contribution in [2.45, 2.75) is 42.7 Å². The van der Waals surface area contributed by atoms with Crippen molar-refractivity contribution in [3.8, 4) is 0 Å². The quantitative estimate of drug-likeness (QED) is 0.895. The SMILES string of the molecule is CC(C)c1ccc(Sc2cc([C@H](C)O)ccn2)cc1. The van der Waals surface area contributed by atoms with E-state index in [4.69, 9.17) is 0 Å². The van der Waals surface area contributed by atoms with Gasteiger partial charge in [-0.25, -0.2) is 4.98 Å². The van der Waals surface area contributed by atoms with E-state index in [0.717, 1.165) is 10.6 Å². The minimum atomic E-state index is -0.453. The lowest BCUT2D eigenvalue weighted by molar-refractivity contribution is 0.199. The lowest BCUT2D eigenvalue weighted by atomic mass is 10.0. The molecule has 19 heavy (non-hydrogen) atoms. The average Bonchev–Trinajstić information content (AvgIpc) is 2.39. The molecule has 0 radical (unpaired) electrons. The molecule has 100 valence electrons. The number of benzene rings is 1. The third-order valence-electron chi connectivity index (χ3n) is 3.01. The largest absolute Gasteiger partial charge is 0.389 e. The predicted octanol–water partition coefficient (Wildman–Crippen LogP) is 4.41. The van der Waals surface area contributed by atoms with Crippen molar-refractivity contribution in [2.24, 2.45) is 0 Å². The first-order valence-electron chi connectivity index (χ1n) is 6.48. The molecular formula is C16H19NOS. The van der Waals surface area contributed by atoms with E-state index in [1.165, 1.54) is 10.5 Å². The Kier molecular flexibility index (Phi) is 4.61. The van der Waals surface area contributed by atoms with E-state index >= 15 is 0 Å². The minimum absolute atomic E-state index is 0.453. The van der Waals surface area contributed by atoms with Crippen LogP contribution < -0.4 is 0 Å². The second-order valence-corrected chi connectivity index (χ2v) is 6.02. The highest BCUT2D eigenvalue weighted by Crippen LogP contribution is 2.28. The van der Waals surface area contributed by atoms with E-state index in [1.54, 1.807) is 24.9 Å². The number of aromatic nitrogens is 1. The molecule has 0 fully saturated rings. The lowest BCUT2D eigenvalue weighted by Crippen LogP contribution is -1.92. The summed E-state index contributed by atoms with van der Waals surface area (Å²) in [6.45, 7) is 6.15. The first-order chi connectivity index (χ1) is 9.06. The van der Waals surface area contributed by atoms with Gasteiger partial charge in [0, 0.05) is 11.1 Å². The Morgan fingerprint density at radius 2 is 1.68 bits per heavy atom. The number of rotatable bonds is 4. The Bertz CT molecular complexity index is 535. The summed E-state index contributed by atoms with van der Waals surface area (Å²) >= 11 is 1.62. The summed E-state index contributed by atoms with van der Waals surface area (Å²) in [5.41, 5.74) is 2.24. The number of nitrogens with zero attached hydrogens (tertiary/aromatic N) is 1. The standard InChI is InChI=1S/C16H19NOS/c1-11(2)13-4-6-15(7-5-13)19-16-10-14(12(3)18)8-9-17-16/h4-12,18H,1-3H3/t12-/m0/s1. The van der Waals surface area contributed by atoms with Crippen LogP contribution in [0.15, 0.2) is 52.5 Å². The molecule has 1 aromatic carbocycles. The zero-order chi connectivity index (χ0) is 13.8. The Hall–Kier alpha value is -1.32. The molecule has 1 atom stereocenters. The fraction of sp³-hybridized carbons (Fsp3) is 0.312. The van der Waals surface area contributed by atoms with E-state index in [9.17, 15) is 5.11 Å². The van der Waals surface area contributed by atoms with Gasteiger partial charge in [0.2, 0.25) is 0 Å². The molecule has 0 unspecified atom stereocenters. The van der Waals surface area contributed by atoms with Gasteiger partial charge >= 0.3 is 0 Å². The van der Waals surface area contributed by atoms with Crippen LogP contribution in [0.3, 0.4) is 0 Å². The van der Waals surface area contributed by atoms with Gasteiger partial charge < -0.3 is 5.11 Å². The second kappa shape index (κ2) is 6.22. The maximum Gasteiger partial charge on any atom is 0.101 e. The third-order valence-corrected chi connectivity index (χ3v) is 3.95. The van der Waals surface area contributed by atoms with Crippen LogP contribution in [0.1, 0.15) is 43.9 Å². The fourth-order valence-corrected chi connectivity index (χ4v) is 2.60. The van der Waals surface area contributed by atoms with Gasteiger partial charge in [-0.1, -0.05) is 37.7 Å². The molecule has 0 spiro atoms. The van der Waals surface area contributed by atoms with E-state index in [2.05, 4.69) is 43.1 Å². The zero-order valence-corrected chi connectivity index (χ0v) is 12.3. The Morgan fingerprint density at radius 1 is 1.00 bits per heavy atom. The summed E-state index contributed by atoms with van der Waals surface area (Å²) in [6.07, 6.45) is 1.29. The summed E-state index contributed by atoms with van der Waals surface area (Å²) in [7, 11) is 0. The van der Waals surface area contributed by atoms with E-state index in [0.29, 0.717) is 5.92 Å². The molecule has 0 bridgehead atoms. The number of pyridine rings is 1. The molecule has 1 N–H and O–H groups in total. The highest BCUT2D eigenvalue weighted by molar-refractivity contribution is 7.99. The van der Waals surface area contributed by atoms with Gasteiger partial charge in [0.15, 0.2) is 0 Å². The van der Waals surface area contributed by atoms with Gasteiger partial charge in [0.1, 0.15) is 5.03 Å². The van der Waals surface area contributed by atoms with Crippen molar-refractivity contribution >= 4 is 11.8 Å². The van der Waals surface area contributed by atoms with E-state index < -0.39 is 6.10 Å². The highest BCUT2D eigenvalue weighted by atomic mass is 32.2. The normalized spacial score (nSPS) is 12.7. The van der Waals surface area contributed by atoms with Crippen LogP contribution in [0.4, 0.5) is 0 Å². The van der Waals surface area contributed by atoms with Crippen molar-refractivity contribution < 1.29 is 5.11 Å². The molecule has 0 amide bonds. The smallest absolute Gasteiger partial charge is 0.101 e. The van der Waals surface area contributed by atoms with Crippen LogP contribution in [0, 0.1) is 0 Å². The maximum absolute atomic E-state index is 9.57. The first-order valence-corrected chi connectivity index (χ1v) is 7.29. The van der Waals surface area contributed by atoms with Crippen molar-refractivity contribution in [1.29, 1.82) is 0 Å². The van der Waals surface area contributed by atoms with Gasteiger partial charge in [0.05, 0.1) is 6.10 Å². The molecule has 2 nitrogen and oxygen atoms in total. The summed E-state index contributed by atoms with van der Waals surface area (Å²) in [4.78, 5) is 5.49. The van der Waals surface area contributed by atoms with Crippen LogP contribution in [-0.2, 0) is 0 Å². The van der Waals surface area contributed by atoms with Crippen molar-refractivity contribution in [1.82, 2.24) is 4.98 Å². The van der Waals surface area contributed by atoms with Gasteiger partial charge in [-0.15, -0.1) is 0 Å². The Balaban J connectivity index is 2.14. The van der Waals surface area contributed by atoms with Crippen LogP contribution in [0.25, 0.3) is 0 Å². The Morgan fingerprint density at radius 3 is 2.26 bits per heavy atom. The second-order valence-electron chi connectivity index (χ2n) is 4.93. The number of aliphatic hydroxyl groups excluding tert-OH is 1. The summed E-state index contributed by atoms with van der Waals surface area (Å²) in [5.74, 6) is 0.552. The average molecular weight is 273 g/mol. The summed E-state index contributed by atoms with van der Waals surface area (Å²) in [6, 6.07) is 12.3. The van der Waals surface area contributed by atoms with Crippen LogP contribution in [-0.4, -0.2) is 10.1 Å². The van der Waals surface area contributed by atoms with Crippen molar-refractivity contribution in [3.63, 3.8) is 0 Å². The monoisotopic (exact) mass is 273 g/mol. The minimum Gasteiger partial charge on any atom is -0.389 e. The number of aliphatic hydroxyl groups is 1. The number of hydrogen-bond acceptors (Lipinski definition) is 3. The molecule has 2 aromatic rings. The molecule has 1 aromatic heterocycles. The molecule has 1 heterocycles. The van der Waals surface area contributed by atoms with Crippen LogP contribution >= 0.6 is 11.8 Å². The molecule has 0 aliphatic rings. The van der Waals surface area contributed by atoms with Gasteiger partial charge in [-0.2, -0.15) is 0 Å². The van der Waals surface area contributed by atoms with Gasteiger partial charge in [-0.05, 0) is 48.2 Å². The summed E-state index contributed by atoms with van der Waals surface area (Å²) < 4.78 is 0. The molecule has 0 aliphatic carbocycles. The highest BCUT2D eigenvalue weighted by Gasteiger charge is 2.05. The Labute approximate surface area is 118 Å². The van der Waals surface area contributed by atoms with Gasteiger partial charge in [0.25, 0.3) is 0 Å².